The smallest absolute Gasteiger partial charge is 0.283 e. The van der Waals surface area contributed by atoms with E-state index in [0.717, 1.165) is 21.8 Å². The Balaban J connectivity index is 1.49. The van der Waals surface area contributed by atoms with Gasteiger partial charge in [-0.25, -0.2) is 0 Å². The van der Waals surface area contributed by atoms with Crippen LogP contribution in [0, 0.1) is 12.3 Å². The zero-order chi connectivity index (χ0) is 19.7. The molecule has 0 fully saturated rings. The first-order valence-electron chi connectivity index (χ1n) is 8.88. The summed E-state index contributed by atoms with van der Waals surface area (Å²) in [4.78, 5) is 19.1. The van der Waals surface area contributed by atoms with E-state index >= 15 is 0 Å². The SMILES string of the molecule is CC1=CN2C(=N)C(=Cc3ccc(OCc4ccccc4C)cc3)C(=O)N=C2S1. The van der Waals surface area contributed by atoms with Crippen LogP contribution in [0.25, 0.3) is 6.08 Å². The summed E-state index contributed by atoms with van der Waals surface area (Å²) in [7, 11) is 0. The molecule has 1 amide bonds. The highest BCUT2D eigenvalue weighted by atomic mass is 32.2. The highest BCUT2D eigenvalue weighted by Gasteiger charge is 2.32. The number of hydrogen-bond donors (Lipinski definition) is 1. The summed E-state index contributed by atoms with van der Waals surface area (Å²) in [6.45, 7) is 4.50. The average Bonchev–Trinajstić information content (AvgIpc) is 3.06. The predicted molar refractivity (Wildman–Crippen MR) is 113 cm³/mol. The van der Waals surface area contributed by atoms with E-state index in [0.29, 0.717) is 11.8 Å². The molecule has 2 heterocycles. The maximum atomic E-state index is 12.3. The van der Waals surface area contributed by atoms with Gasteiger partial charge in [-0.15, -0.1) is 0 Å². The van der Waals surface area contributed by atoms with Gasteiger partial charge in [-0.3, -0.25) is 15.1 Å². The number of benzene rings is 2. The molecule has 0 saturated heterocycles. The number of aryl methyl sites for hydroxylation is 1. The van der Waals surface area contributed by atoms with Crippen molar-refractivity contribution in [3.63, 3.8) is 0 Å². The van der Waals surface area contributed by atoms with Crippen molar-refractivity contribution in [2.75, 3.05) is 0 Å². The quantitative estimate of drug-likeness (QED) is 0.767. The second-order valence-corrected chi connectivity index (χ2v) is 7.82. The second kappa shape index (κ2) is 7.48. The normalized spacial score (nSPS) is 17.5. The van der Waals surface area contributed by atoms with Gasteiger partial charge in [0.25, 0.3) is 5.91 Å². The first-order chi connectivity index (χ1) is 13.5. The lowest BCUT2D eigenvalue weighted by molar-refractivity contribution is -0.114. The minimum absolute atomic E-state index is 0.152. The molecule has 1 N–H and O–H groups in total. The first-order valence-corrected chi connectivity index (χ1v) is 9.69. The molecule has 0 aliphatic carbocycles. The van der Waals surface area contributed by atoms with Gasteiger partial charge in [0.15, 0.2) is 5.17 Å². The molecule has 2 aromatic carbocycles. The summed E-state index contributed by atoms with van der Waals surface area (Å²) < 4.78 is 5.86. The number of amides is 1. The number of fused-ring (bicyclic) bond motifs is 1. The highest BCUT2D eigenvalue weighted by molar-refractivity contribution is 8.17. The molecule has 0 saturated carbocycles. The van der Waals surface area contributed by atoms with E-state index in [1.165, 1.54) is 17.3 Å². The van der Waals surface area contributed by atoms with Crippen molar-refractivity contribution in [1.29, 1.82) is 5.41 Å². The predicted octanol–water partition coefficient (Wildman–Crippen LogP) is 4.74. The van der Waals surface area contributed by atoms with E-state index in [9.17, 15) is 4.79 Å². The number of amidine groups is 2. The lowest BCUT2D eigenvalue weighted by Crippen LogP contribution is -2.35. The number of aliphatic imine (C=N–C) groups is 1. The van der Waals surface area contributed by atoms with E-state index in [1.54, 1.807) is 11.0 Å². The number of nitrogens with one attached hydrogen (secondary N) is 1. The van der Waals surface area contributed by atoms with Crippen LogP contribution in [0.15, 0.2) is 70.2 Å². The van der Waals surface area contributed by atoms with Gasteiger partial charge < -0.3 is 4.74 Å². The first kappa shape index (κ1) is 18.3. The fourth-order valence-electron chi connectivity index (χ4n) is 2.96. The van der Waals surface area contributed by atoms with Crippen LogP contribution in [-0.2, 0) is 11.4 Å². The van der Waals surface area contributed by atoms with E-state index in [4.69, 9.17) is 10.1 Å². The van der Waals surface area contributed by atoms with Crippen LogP contribution in [0.4, 0.5) is 0 Å². The van der Waals surface area contributed by atoms with Gasteiger partial charge in [-0.1, -0.05) is 48.2 Å². The van der Waals surface area contributed by atoms with E-state index in [2.05, 4.69) is 24.0 Å². The molecular formula is C22H19N3O2S. The molecule has 2 aliphatic heterocycles. The molecule has 0 bridgehead atoms. The molecule has 4 rings (SSSR count). The third kappa shape index (κ3) is 3.64. The van der Waals surface area contributed by atoms with Gasteiger partial charge >= 0.3 is 0 Å². The van der Waals surface area contributed by atoms with Crippen LogP contribution < -0.4 is 4.74 Å². The van der Waals surface area contributed by atoms with Crippen LogP contribution in [0.2, 0.25) is 0 Å². The summed E-state index contributed by atoms with van der Waals surface area (Å²) in [6.07, 6.45) is 3.52. The van der Waals surface area contributed by atoms with E-state index in [1.807, 2.05) is 49.5 Å². The zero-order valence-corrected chi connectivity index (χ0v) is 16.4. The Labute approximate surface area is 167 Å². The van der Waals surface area contributed by atoms with Crippen LogP contribution in [0.1, 0.15) is 23.6 Å². The van der Waals surface area contributed by atoms with Crippen LogP contribution in [-0.4, -0.2) is 21.8 Å². The Morgan fingerprint density at radius 1 is 1.14 bits per heavy atom. The van der Waals surface area contributed by atoms with Crippen molar-refractivity contribution in [3.8, 4) is 5.75 Å². The van der Waals surface area contributed by atoms with Crippen molar-refractivity contribution in [2.24, 2.45) is 4.99 Å². The fraction of sp³-hybridized carbons (Fsp3) is 0.136. The maximum absolute atomic E-state index is 12.3. The average molecular weight is 389 g/mol. The molecule has 0 radical (unpaired) electrons. The largest absolute Gasteiger partial charge is 0.489 e. The monoisotopic (exact) mass is 389 g/mol. The lowest BCUT2D eigenvalue weighted by Gasteiger charge is -2.22. The molecule has 28 heavy (non-hydrogen) atoms. The zero-order valence-electron chi connectivity index (χ0n) is 15.6. The summed E-state index contributed by atoms with van der Waals surface area (Å²) >= 11 is 1.40. The Morgan fingerprint density at radius 2 is 1.89 bits per heavy atom. The van der Waals surface area contributed by atoms with Gasteiger partial charge in [0.1, 0.15) is 18.2 Å². The number of ether oxygens (including phenoxy) is 1. The van der Waals surface area contributed by atoms with E-state index in [-0.39, 0.29) is 17.3 Å². The minimum Gasteiger partial charge on any atom is -0.489 e. The number of hydrogen-bond acceptors (Lipinski definition) is 4. The molecule has 2 aromatic rings. The number of carbonyl (C=O) groups excluding carboxylic acids is 1. The molecule has 2 aliphatic rings. The van der Waals surface area contributed by atoms with Gasteiger partial charge in [0.2, 0.25) is 0 Å². The van der Waals surface area contributed by atoms with Gasteiger partial charge in [0, 0.05) is 11.1 Å². The molecule has 6 heteroatoms. The second-order valence-electron chi connectivity index (χ2n) is 6.60. The molecule has 0 spiro atoms. The molecule has 0 aromatic heterocycles. The fourth-order valence-corrected chi connectivity index (χ4v) is 3.78. The van der Waals surface area contributed by atoms with Crippen molar-refractivity contribution >= 4 is 34.7 Å². The molecule has 0 unspecified atom stereocenters. The number of allylic oxidation sites excluding steroid dienone is 1. The van der Waals surface area contributed by atoms with Gasteiger partial charge in [-0.05, 0) is 48.7 Å². The Hall–Kier alpha value is -3.12. The lowest BCUT2D eigenvalue weighted by atomic mass is 10.1. The van der Waals surface area contributed by atoms with Gasteiger partial charge in [-0.2, -0.15) is 4.99 Å². The maximum Gasteiger partial charge on any atom is 0.283 e. The Bertz CT molecular complexity index is 1050. The molecular weight excluding hydrogens is 370 g/mol. The van der Waals surface area contributed by atoms with Gasteiger partial charge in [0.05, 0.1) is 5.57 Å². The molecule has 0 atom stereocenters. The third-order valence-corrected chi connectivity index (χ3v) is 5.44. The number of rotatable bonds is 4. The van der Waals surface area contributed by atoms with Crippen LogP contribution in [0.5, 0.6) is 5.75 Å². The highest BCUT2D eigenvalue weighted by Crippen LogP contribution is 2.32. The summed E-state index contributed by atoms with van der Waals surface area (Å²) in [5.74, 6) is 0.524. The number of carbonyl (C=O) groups is 1. The van der Waals surface area contributed by atoms with E-state index < -0.39 is 0 Å². The summed E-state index contributed by atoms with van der Waals surface area (Å²) in [5, 5.41) is 8.89. The number of nitrogens with zero attached hydrogens (tertiary/aromatic N) is 2. The van der Waals surface area contributed by atoms with Crippen LogP contribution in [0.3, 0.4) is 0 Å². The van der Waals surface area contributed by atoms with Crippen molar-refractivity contribution in [1.82, 2.24) is 4.90 Å². The Morgan fingerprint density at radius 3 is 2.64 bits per heavy atom. The summed E-state index contributed by atoms with van der Waals surface area (Å²) in [5.41, 5.74) is 3.45. The third-order valence-electron chi connectivity index (χ3n) is 4.54. The Kier molecular flexibility index (Phi) is 4.88. The molecule has 5 nitrogen and oxygen atoms in total. The van der Waals surface area contributed by atoms with Crippen molar-refractivity contribution in [3.05, 3.63) is 81.9 Å². The summed E-state index contributed by atoms with van der Waals surface area (Å²) in [6, 6.07) is 15.6. The van der Waals surface area contributed by atoms with Crippen LogP contribution >= 0.6 is 11.8 Å². The van der Waals surface area contributed by atoms with Crippen molar-refractivity contribution < 1.29 is 9.53 Å². The topological polar surface area (TPSA) is 65.8 Å². The molecule has 140 valence electrons. The standard InChI is InChI=1S/C22H19N3O2S/c1-14-5-3-4-6-17(14)13-27-18-9-7-16(8-10-18)11-19-20(23)25-12-15(2)28-22(25)24-21(19)26/h3-12,23H,13H2,1-2H3. The van der Waals surface area contributed by atoms with Crippen molar-refractivity contribution in [2.45, 2.75) is 20.5 Å². The minimum atomic E-state index is -0.383. The number of thioether (sulfide) groups is 1.